The normalized spacial score (nSPS) is 27.7. The van der Waals surface area contributed by atoms with Crippen LogP contribution in [0.25, 0.3) is 10.9 Å². The Labute approximate surface area is 148 Å². The Morgan fingerprint density at radius 2 is 1.92 bits per heavy atom. The zero-order valence-corrected chi connectivity index (χ0v) is 15.3. The van der Waals surface area contributed by atoms with E-state index in [9.17, 15) is 4.79 Å². The number of rotatable bonds is 2. The molecule has 1 aromatic carbocycles. The van der Waals surface area contributed by atoms with Gasteiger partial charge in [0.2, 0.25) is 0 Å². The monoisotopic (exact) mass is 348 g/mol. The molecule has 1 N–H and O–H groups in total. The summed E-state index contributed by atoms with van der Waals surface area (Å²) in [6.45, 7) is 6.80. The van der Waals surface area contributed by atoms with Crippen LogP contribution in [0.15, 0.2) is 24.3 Å². The van der Waals surface area contributed by atoms with Gasteiger partial charge >= 0.3 is 0 Å². The van der Waals surface area contributed by atoms with Gasteiger partial charge in [-0.25, -0.2) is 0 Å². The highest BCUT2D eigenvalue weighted by atomic mass is 35.5. The summed E-state index contributed by atoms with van der Waals surface area (Å²) >= 11 is 0. The zero-order valence-electron chi connectivity index (χ0n) is 14.5. The first-order chi connectivity index (χ1) is 11.0. The van der Waals surface area contributed by atoms with Crippen LogP contribution in [0.1, 0.15) is 37.2 Å². The predicted octanol–water partition coefficient (Wildman–Crippen LogP) is 2.60. The fourth-order valence-electron chi connectivity index (χ4n) is 4.47. The number of piperidine rings is 3. The fraction of sp³-hybridized carbons (Fsp3) is 0.556. The minimum atomic E-state index is -0.0476. The van der Waals surface area contributed by atoms with E-state index in [4.69, 9.17) is 0 Å². The number of hydrogen-bond acceptors (Lipinski definition) is 3. The Balaban J connectivity index is 0.00000169. The maximum absolute atomic E-state index is 12.9. The molecule has 5 rings (SSSR count). The first-order valence-corrected chi connectivity index (χ1v) is 8.46. The summed E-state index contributed by atoms with van der Waals surface area (Å²) in [6, 6.07) is 8.09. The number of amides is 1. The third-order valence-corrected chi connectivity index (χ3v) is 5.85. The van der Waals surface area contributed by atoms with E-state index in [0.29, 0.717) is 11.6 Å². The lowest BCUT2D eigenvalue weighted by atomic mass is 9.72. The number of nitrogens with one attached hydrogen (secondary N) is 1. The highest BCUT2D eigenvalue weighted by Crippen LogP contribution is 2.39. The minimum absolute atomic E-state index is 0. The van der Waals surface area contributed by atoms with Gasteiger partial charge in [-0.3, -0.25) is 14.4 Å². The number of halogens is 1. The van der Waals surface area contributed by atoms with E-state index in [-0.39, 0.29) is 29.9 Å². The second kappa shape index (κ2) is 6.05. The SMILES string of the molecule is Cl.Cn1nc(C(=O)NC2C3CCN(CC3)C2(C)C)c2ccccc21. The Bertz CT molecular complexity index is 761. The van der Waals surface area contributed by atoms with Crippen LogP contribution >= 0.6 is 12.4 Å². The molecule has 1 aromatic heterocycles. The smallest absolute Gasteiger partial charge is 0.272 e. The van der Waals surface area contributed by atoms with Crippen LogP contribution in [-0.2, 0) is 7.05 Å². The van der Waals surface area contributed by atoms with Gasteiger partial charge in [-0.15, -0.1) is 12.4 Å². The fourth-order valence-corrected chi connectivity index (χ4v) is 4.47. The van der Waals surface area contributed by atoms with E-state index in [1.807, 2.05) is 31.3 Å². The zero-order chi connectivity index (χ0) is 16.2. The molecule has 1 unspecified atom stereocenters. The number of aryl methyl sites for hydroxylation is 1. The summed E-state index contributed by atoms with van der Waals surface area (Å²) in [5, 5.41) is 8.68. The van der Waals surface area contributed by atoms with Gasteiger partial charge in [0.25, 0.3) is 5.91 Å². The van der Waals surface area contributed by atoms with Gasteiger partial charge in [0.1, 0.15) is 0 Å². The van der Waals surface area contributed by atoms with Gasteiger partial charge in [0.15, 0.2) is 5.69 Å². The molecule has 3 saturated heterocycles. The third kappa shape index (κ3) is 2.50. The first kappa shape index (κ1) is 17.2. The maximum atomic E-state index is 12.9. The molecule has 24 heavy (non-hydrogen) atoms. The molecule has 1 amide bonds. The molecule has 3 aliphatic rings. The average molecular weight is 349 g/mol. The molecule has 3 aliphatic heterocycles. The lowest BCUT2D eigenvalue weighted by molar-refractivity contribution is -0.0378. The van der Waals surface area contributed by atoms with Crippen molar-refractivity contribution in [1.29, 1.82) is 0 Å². The number of benzene rings is 1. The van der Waals surface area contributed by atoms with Crippen molar-refractivity contribution in [3.05, 3.63) is 30.0 Å². The van der Waals surface area contributed by atoms with E-state index < -0.39 is 0 Å². The molecule has 0 aliphatic carbocycles. The average Bonchev–Trinajstić information content (AvgIpc) is 2.89. The van der Waals surface area contributed by atoms with E-state index in [1.165, 1.54) is 12.8 Å². The van der Waals surface area contributed by atoms with Crippen molar-refractivity contribution < 1.29 is 4.79 Å². The van der Waals surface area contributed by atoms with Gasteiger partial charge in [-0.05, 0) is 51.8 Å². The Hall–Kier alpha value is -1.59. The topological polar surface area (TPSA) is 50.2 Å². The second-order valence-electron chi connectivity index (χ2n) is 7.42. The molecular weight excluding hydrogens is 324 g/mol. The number of aromatic nitrogens is 2. The minimum Gasteiger partial charge on any atom is -0.346 e. The van der Waals surface area contributed by atoms with Crippen molar-refractivity contribution in [2.75, 3.05) is 13.1 Å². The summed E-state index contributed by atoms with van der Waals surface area (Å²) in [5.41, 5.74) is 1.54. The highest BCUT2D eigenvalue weighted by molar-refractivity contribution is 6.05. The Morgan fingerprint density at radius 1 is 1.25 bits per heavy atom. The van der Waals surface area contributed by atoms with E-state index in [1.54, 1.807) is 4.68 Å². The van der Waals surface area contributed by atoms with E-state index >= 15 is 0 Å². The van der Waals surface area contributed by atoms with E-state index in [2.05, 4.69) is 29.2 Å². The molecule has 0 spiro atoms. The van der Waals surface area contributed by atoms with Crippen LogP contribution < -0.4 is 5.32 Å². The second-order valence-corrected chi connectivity index (χ2v) is 7.42. The van der Waals surface area contributed by atoms with Crippen molar-refractivity contribution in [3.8, 4) is 0 Å². The van der Waals surface area contributed by atoms with Crippen molar-refractivity contribution in [3.63, 3.8) is 0 Å². The molecule has 0 radical (unpaired) electrons. The van der Waals surface area contributed by atoms with Crippen LogP contribution in [0.5, 0.6) is 0 Å². The third-order valence-electron chi connectivity index (χ3n) is 5.85. The molecule has 2 aromatic rings. The van der Waals surface area contributed by atoms with Crippen molar-refractivity contribution >= 4 is 29.2 Å². The molecule has 1 atom stereocenters. The number of hydrogen-bond donors (Lipinski definition) is 1. The van der Waals surface area contributed by atoms with Gasteiger partial charge in [-0.1, -0.05) is 18.2 Å². The summed E-state index contributed by atoms with van der Waals surface area (Å²) in [5.74, 6) is 0.530. The highest BCUT2D eigenvalue weighted by Gasteiger charge is 2.48. The molecule has 5 nitrogen and oxygen atoms in total. The lowest BCUT2D eigenvalue weighted by Crippen LogP contribution is -2.69. The number of fused-ring (bicyclic) bond motifs is 4. The molecule has 2 bridgehead atoms. The number of nitrogens with zero attached hydrogens (tertiary/aromatic N) is 3. The van der Waals surface area contributed by atoms with Gasteiger partial charge in [0, 0.05) is 24.0 Å². The van der Waals surface area contributed by atoms with Crippen molar-refractivity contribution in [2.45, 2.75) is 38.3 Å². The maximum Gasteiger partial charge on any atom is 0.272 e. The lowest BCUT2D eigenvalue weighted by Gasteiger charge is -2.56. The van der Waals surface area contributed by atoms with Crippen LogP contribution in [0.4, 0.5) is 0 Å². The Kier molecular flexibility index (Phi) is 4.34. The van der Waals surface area contributed by atoms with Crippen molar-refractivity contribution in [2.24, 2.45) is 13.0 Å². The largest absolute Gasteiger partial charge is 0.346 e. The summed E-state index contributed by atoms with van der Waals surface area (Å²) in [6.07, 6.45) is 2.36. The summed E-state index contributed by atoms with van der Waals surface area (Å²) in [7, 11) is 1.89. The number of carbonyl (C=O) groups excluding carboxylic acids is 1. The van der Waals surface area contributed by atoms with Crippen LogP contribution in [0.3, 0.4) is 0 Å². The van der Waals surface area contributed by atoms with Crippen LogP contribution in [0.2, 0.25) is 0 Å². The van der Waals surface area contributed by atoms with Crippen molar-refractivity contribution in [1.82, 2.24) is 20.0 Å². The first-order valence-electron chi connectivity index (χ1n) is 8.46. The van der Waals surface area contributed by atoms with Gasteiger partial charge in [-0.2, -0.15) is 5.10 Å². The predicted molar refractivity (Wildman–Crippen MR) is 97.6 cm³/mol. The molecule has 6 heteroatoms. The van der Waals surface area contributed by atoms with E-state index in [0.717, 1.165) is 24.0 Å². The Morgan fingerprint density at radius 3 is 2.58 bits per heavy atom. The summed E-state index contributed by atoms with van der Waals surface area (Å²) < 4.78 is 1.78. The number of carbonyl (C=O) groups is 1. The molecule has 0 saturated carbocycles. The molecule has 4 heterocycles. The number of para-hydroxylation sites is 1. The van der Waals surface area contributed by atoms with Crippen LogP contribution in [-0.4, -0.2) is 45.3 Å². The van der Waals surface area contributed by atoms with Crippen LogP contribution in [0, 0.1) is 5.92 Å². The van der Waals surface area contributed by atoms with Gasteiger partial charge in [0.05, 0.1) is 5.52 Å². The van der Waals surface area contributed by atoms with Gasteiger partial charge < -0.3 is 5.32 Å². The standard InChI is InChI=1S/C18H24N4O.ClH/c1-18(2)16(12-8-10-22(18)11-9-12)19-17(23)15-13-6-4-5-7-14(13)21(3)20-15;/h4-7,12,16H,8-11H2,1-3H3,(H,19,23);1H. The molecule has 130 valence electrons. The summed E-state index contributed by atoms with van der Waals surface area (Å²) in [4.78, 5) is 15.4. The molecular formula is C18H25ClN4O. The molecule has 3 fully saturated rings. The quantitative estimate of drug-likeness (QED) is 0.907.